The predicted octanol–water partition coefficient (Wildman–Crippen LogP) is 3.89. The molecule has 0 aliphatic carbocycles. The van der Waals surface area contributed by atoms with Crippen LogP contribution in [0.15, 0.2) is 42.7 Å². The summed E-state index contributed by atoms with van der Waals surface area (Å²) in [5.74, 6) is 0.377. The van der Waals surface area contributed by atoms with Crippen LogP contribution >= 0.6 is 0 Å². The average molecular weight is 587 g/mol. The van der Waals surface area contributed by atoms with Crippen LogP contribution in [0.5, 0.6) is 0 Å². The number of nitrogens with one attached hydrogen (secondary N) is 1. The summed E-state index contributed by atoms with van der Waals surface area (Å²) >= 11 is 0. The van der Waals surface area contributed by atoms with E-state index in [-0.39, 0.29) is 11.9 Å². The van der Waals surface area contributed by atoms with Crippen LogP contribution < -0.4 is 15.1 Å². The minimum atomic E-state index is -1.10. The number of benzene rings is 1. The molecule has 3 aromatic rings. The molecule has 3 aliphatic heterocycles. The summed E-state index contributed by atoms with van der Waals surface area (Å²) in [6, 6.07) is 9.14. The van der Waals surface area contributed by atoms with Crippen molar-refractivity contribution in [3.8, 4) is 0 Å². The number of aliphatic hydroxyl groups is 1. The van der Waals surface area contributed by atoms with Gasteiger partial charge in [-0.25, -0.2) is 9.97 Å². The van der Waals surface area contributed by atoms with Crippen LogP contribution in [0.1, 0.15) is 43.4 Å². The Bertz CT molecular complexity index is 1550. The zero-order valence-corrected chi connectivity index (χ0v) is 25.2. The highest BCUT2D eigenvalue weighted by atomic mass is 19.1. The van der Waals surface area contributed by atoms with Gasteiger partial charge in [0.15, 0.2) is 6.23 Å². The van der Waals surface area contributed by atoms with Crippen molar-refractivity contribution in [3.63, 3.8) is 0 Å². The van der Waals surface area contributed by atoms with Gasteiger partial charge < -0.3 is 30.0 Å². The van der Waals surface area contributed by atoms with Crippen molar-refractivity contribution < 1.29 is 14.3 Å². The van der Waals surface area contributed by atoms with Crippen LogP contribution in [-0.4, -0.2) is 94.4 Å². The Morgan fingerprint density at radius 1 is 1.07 bits per heavy atom. The fourth-order valence-electron chi connectivity index (χ4n) is 6.53. The van der Waals surface area contributed by atoms with Gasteiger partial charge in [-0.05, 0) is 74.7 Å². The van der Waals surface area contributed by atoms with E-state index < -0.39 is 12.2 Å². The van der Waals surface area contributed by atoms with E-state index in [4.69, 9.17) is 4.98 Å². The second-order valence-corrected chi connectivity index (χ2v) is 11.8. The molecule has 43 heavy (non-hydrogen) atoms. The summed E-state index contributed by atoms with van der Waals surface area (Å²) in [5, 5.41) is 15.3. The number of piperidine rings is 1. The lowest BCUT2D eigenvalue weighted by Crippen LogP contribution is -2.54. The third-order valence-corrected chi connectivity index (χ3v) is 8.91. The van der Waals surface area contributed by atoms with Gasteiger partial charge in [-0.1, -0.05) is 0 Å². The fraction of sp³-hybridized carbons (Fsp3) is 0.438. The first kappa shape index (κ1) is 29.0. The van der Waals surface area contributed by atoms with E-state index in [2.05, 4.69) is 51.2 Å². The number of halogens is 1. The summed E-state index contributed by atoms with van der Waals surface area (Å²) in [6.07, 6.45) is 3.64. The molecule has 0 bridgehead atoms. The Kier molecular flexibility index (Phi) is 8.02. The summed E-state index contributed by atoms with van der Waals surface area (Å²) < 4.78 is 14.2. The molecule has 10 nitrogen and oxygen atoms in total. The van der Waals surface area contributed by atoms with Gasteiger partial charge in [0.2, 0.25) is 17.8 Å². The largest absolute Gasteiger partial charge is 0.369 e. The Balaban J connectivity index is 1.35. The molecule has 5 heterocycles. The first-order valence-corrected chi connectivity index (χ1v) is 14.9. The maximum absolute atomic E-state index is 14.2. The molecule has 3 aliphatic rings. The molecule has 2 fully saturated rings. The number of likely N-dealkylation sites (tertiary alicyclic amines) is 1. The molecule has 1 amide bonds. The van der Waals surface area contributed by atoms with Crippen LogP contribution in [0.4, 0.5) is 27.5 Å². The second kappa shape index (κ2) is 11.9. The quantitative estimate of drug-likeness (QED) is 0.431. The lowest BCUT2D eigenvalue weighted by Gasteiger charge is -2.45. The predicted molar refractivity (Wildman–Crippen MR) is 167 cm³/mol. The number of aryl methyl sites for hydroxylation is 1. The normalized spacial score (nSPS) is 21.2. The molecule has 0 spiro atoms. The van der Waals surface area contributed by atoms with Gasteiger partial charge in [0.1, 0.15) is 5.82 Å². The number of nitrogens with zero attached hydrogens (tertiary/aromatic N) is 7. The lowest BCUT2D eigenvalue weighted by atomic mass is 9.89. The maximum Gasteiger partial charge on any atom is 0.229 e. The number of pyridine rings is 1. The molecule has 0 saturated carbocycles. The molecule has 2 N–H and O–H groups in total. The molecular formula is C32H39FN8O2. The molecule has 2 atom stereocenters. The van der Waals surface area contributed by atoms with E-state index in [0.29, 0.717) is 36.0 Å². The number of fused-ring (bicyclic) bond motifs is 1. The van der Waals surface area contributed by atoms with Crippen LogP contribution in [-0.2, 0) is 4.79 Å². The first-order valence-electron chi connectivity index (χ1n) is 14.9. The summed E-state index contributed by atoms with van der Waals surface area (Å²) in [4.78, 5) is 34.0. The number of rotatable bonds is 5. The summed E-state index contributed by atoms with van der Waals surface area (Å²) in [6.45, 7) is 10.8. The monoisotopic (exact) mass is 586 g/mol. The van der Waals surface area contributed by atoms with Gasteiger partial charge in [-0.2, -0.15) is 9.37 Å². The number of aliphatic hydroxyl groups excluding tert-OH is 1. The highest BCUT2D eigenvalue weighted by Crippen LogP contribution is 2.43. The van der Waals surface area contributed by atoms with Crippen molar-refractivity contribution in [3.05, 3.63) is 65.4 Å². The molecule has 2 saturated heterocycles. The fourth-order valence-corrected chi connectivity index (χ4v) is 6.53. The maximum atomic E-state index is 14.2. The van der Waals surface area contributed by atoms with E-state index >= 15 is 0 Å². The van der Waals surface area contributed by atoms with E-state index in [1.54, 1.807) is 19.2 Å². The third-order valence-electron chi connectivity index (χ3n) is 8.91. The van der Waals surface area contributed by atoms with Gasteiger partial charge in [-0.3, -0.25) is 4.79 Å². The van der Waals surface area contributed by atoms with Crippen LogP contribution in [0, 0.1) is 12.9 Å². The molecule has 226 valence electrons. The number of likely N-dealkylation sites (N-methyl/N-ethyl adjacent to an activating group) is 1. The van der Waals surface area contributed by atoms with Gasteiger partial charge in [0, 0.05) is 87.2 Å². The number of hydrogen-bond donors (Lipinski definition) is 2. The number of anilines is 4. The SMILES string of the molecule is CC(=O)N1CCC[C@H](N2c3nc(Nc4ccc(N5CCN(C)CC5)c(C)c4)ncc3C(C)=C(c3ccnc(F)c3)C2O)C1. The number of aromatic nitrogens is 3. The minimum absolute atomic E-state index is 0.00000667. The highest BCUT2D eigenvalue weighted by molar-refractivity contribution is 5.98. The van der Waals surface area contributed by atoms with E-state index in [0.717, 1.165) is 55.8 Å². The third kappa shape index (κ3) is 5.79. The van der Waals surface area contributed by atoms with Crippen molar-refractivity contribution in [2.24, 2.45) is 0 Å². The smallest absolute Gasteiger partial charge is 0.229 e. The number of carbonyl (C=O) groups is 1. The minimum Gasteiger partial charge on any atom is -0.369 e. The molecule has 0 radical (unpaired) electrons. The summed E-state index contributed by atoms with van der Waals surface area (Å²) in [5.41, 5.74) is 5.92. The Hall–Kier alpha value is -4.09. The number of hydrogen-bond acceptors (Lipinski definition) is 9. The number of piperazine rings is 1. The molecule has 1 aromatic carbocycles. The van der Waals surface area contributed by atoms with Gasteiger partial charge in [-0.15, -0.1) is 0 Å². The van der Waals surface area contributed by atoms with E-state index in [1.807, 2.05) is 22.8 Å². The average Bonchev–Trinajstić information content (AvgIpc) is 2.98. The van der Waals surface area contributed by atoms with Crippen LogP contribution in [0.3, 0.4) is 0 Å². The van der Waals surface area contributed by atoms with Gasteiger partial charge >= 0.3 is 0 Å². The van der Waals surface area contributed by atoms with Crippen molar-refractivity contribution >= 4 is 40.2 Å². The van der Waals surface area contributed by atoms with E-state index in [1.165, 1.54) is 23.5 Å². The van der Waals surface area contributed by atoms with Crippen molar-refractivity contribution in [1.82, 2.24) is 24.8 Å². The molecule has 1 unspecified atom stereocenters. The van der Waals surface area contributed by atoms with E-state index in [9.17, 15) is 14.3 Å². The Labute approximate surface area is 251 Å². The van der Waals surface area contributed by atoms with Gasteiger partial charge in [0.25, 0.3) is 0 Å². The van der Waals surface area contributed by atoms with Crippen molar-refractivity contribution in [2.75, 3.05) is 61.4 Å². The standard InChI is InChI=1S/C32H39FN8O2/c1-20-16-24(7-8-27(20)39-14-12-38(4)13-15-39)36-32-35-18-26-21(2)29(23-9-10-34-28(33)17-23)31(43)41(30(26)37-32)25-6-5-11-40(19-25)22(3)42/h7-10,16-18,25,31,43H,5-6,11-15,19H2,1-4H3,(H,35,36,37)/t25-,31?/m0/s1. The van der Waals surface area contributed by atoms with Crippen LogP contribution in [0.25, 0.3) is 11.1 Å². The molecular weight excluding hydrogens is 547 g/mol. The molecule has 2 aromatic heterocycles. The Morgan fingerprint density at radius 3 is 2.58 bits per heavy atom. The molecule has 11 heteroatoms. The first-order chi connectivity index (χ1) is 20.7. The lowest BCUT2D eigenvalue weighted by molar-refractivity contribution is -0.130. The van der Waals surface area contributed by atoms with Crippen molar-refractivity contribution in [2.45, 2.75) is 45.9 Å². The molecule has 6 rings (SSSR count). The Morgan fingerprint density at radius 2 is 1.86 bits per heavy atom. The zero-order valence-electron chi connectivity index (χ0n) is 25.2. The van der Waals surface area contributed by atoms with Gasteiger partial charge in [0.05, 0.1) is 6.04 Å². The zero-order chi connectivity index (χ0) is 30.2. The van der Waals surface area contributed by atoms with Crippen LogP contribution in [0.2, 0.25) is 0 Å². The topological polar surface area (TPSA) is 101 Å². The number of amides is 1. The number of carbonyl (C=O) groups excluding carboxylic acids is 1. The second-order valence-electron chi connectivity index (χ2n) is 11.8. The van der Waals surface area contributed by atoms with Crippen molar-refractivity contribution in [1.29, 1.82) is 0 Å². The number of allylic oxidation sites excluding steroid dienone is 1. The summed E-state index contributed by atoms with van der Waals surface area (Å²) in [7, 11) is 2.15. The highest BCUT2D eigenvalue weighted by Gasteiger charge is 2.39.